The Morgan fingerprint density at radius 3 is 2.38 bits per heavy atom. The quantitative estimate of drug-likeness (QED) is 0.478. The molecule has 0 aliphatic carbocycles. The fraction of sp³-hybridized carbons (Fsp3) is 0.304. The van der Waals surface area contributed by atoms with Gasteiger partial charge < -0.3 is 14.9 Å². The molecule has 1 aliphatic heterocycles. The van der Waals surface area contributed by atoms with Crippen LogP contribution in [0.1, 0.15) is 28.3 Å². The zero-order valence-corrected chi connectivity index (χ0v) is 17.1. The molecule has 2 aromatic carbocycles. The van der Waals surface area contributed by atoms with Crippen LogP contribution in [0.3, 0.4) is 0 Å². The van der Waals surface area contributed by atoms with Crippen molar-refractivity contribution in [1.29, 1.82) is 0 Å². The minimum atomic E-state index is -0.768. The number of amides is 1. The van der Waals surface area contributed by atoms with E-state index < -0.39 is 23.5 Å². The van der Waals surface area contributed by atoms with E-state index >= 15 is 0 Å². The molecule has 5 nitrogen and oxygen atoms in total. The number of aliphatic hydroxyl groups is 1. The Bertz CT molecular complexity index is 980. The number of hydrogen-bond acceptors (Lipinski definition) is 4. The molecule has 6 heteroatoms. The van der Waals surface area contributed by atoms with E-state index in [0.29, 0.717) is 24.2 Å². The molecule has 152 valence electrons. The highest BCUT2D eigenvalue weighted by molar-refractivity contribution is 6.46. The molecule has 0 radical (unpaired) electrons. The summed E-state index contributed by atoms with van der Waals surface area (Å²) < 4.78 is 13.5. The average molecular weight is 396 g/mol. The molecule has 1 atom stereocenters. The summed E-state index contributed by atoms with van der Waals surface area (Å²) in [7, 11) is 3.75. The first-order valence-corrected chi connectivity index (χ1v) is 9.47. The number of Topliss-reactive ketones (excluding diaryl/α,β-unsaturated/α-hetero) is 1. The summed E-state index contributed by atoms with van der Waals surface area (Å²) in [6.07, 6.45) is 0. The highest BCUT2D eigenvalue weighted by Crippen LogP contribution is 2.39. The zero-order chi connectivity index (χ0) is 21.3. The van der Waals surface area contributed by atoms with Crippen LogP contribution >= 0.6 is 0 Å². The number of carbonyl (C=O) groups is 2. The van der Waals surface area contributed by atoms with E-state index in [0.717, 1.165) is 11.1 Å². The van der Waals surface area contributed by atoms with Gasteiger partial charge in [-0.25, -0.2) is 4.39 Å². The van der Waals surface area contributed by atoms with E-state index in [9.17, 15) is 19.1 Å². The fourth-order valence-corrected chi connectivity index (χ4v) is 3.55. The second kappa shape index (κ2) is 8.17. The van der Waals surface area contributed by atoms with Gasteiger partial charge in [-0.3, -0.25) is 9.59 Å². The van der Waals surface area contributed by atoms with Crippen molar-refractivity contribution in [2.75, 3.05) is 27.2 Å². The summed E-state index contributed by atoms with van der Waals surface area (Å²) in [5.74, 6) is -2.00. The van der Waals surface area contributed by atoms with Gasteiger partial charge in [0.1, 0.15) is 11.6 Å². The number of halogens is 1. The van der Waals surface area contributed by atoms with Gasteiger partial charge in [0.15, 0.2) is 0 Å². The lowest BCUT2D eigenvalue weighted by atomic mass is 9.93. The van der Waals surface area contributed by atoms with Crippen LogP contribution in [-0.4, -0.2) is 53.8 Å². The molecular formula is C23H25FN2O3. The molecule has 3 rings (SSSR count). The number of likely N-dealkylation sites (N-methyl/N-ethyl adjacent to an activating group) is 1. The summed E-state index contributed by atoms with van der Waals surface area (Å²) in [6.45, 7) is 4.59. The van der Waals surface area contributed by atoms with Crippen molar-refractivity contribution < 1.29 is 19.1 Å². The minimum Gasteiger partial charge on any atom is -0.507 e. The number of rotatable bonds is 5. The van der Waals surface area contributed by atoms with Crippen molar-refractivity contribution in [3.63, 3.8) is 0 Å². The smallest absolute Gasteiger partial charge is 0.295 e. The molecule has 29 heavy (non-hydrogen) atoms. The van der Waals surface area contributed by atoms with Gasteiger partial charge in [-0.05, 0) is 57.3 Å². The SMILES string of the molecule is Cc1ccc(C)c(C(O)=C2C(=O)C(=O)N(CCN(C)C)C2c2ccc(F)cc2)c1. The van der Waals surface area contributed by atoms with Crippen molar-refractivity contribution in [3.05, 3.63) is 76.1 Å². The van der Waals surface area contributed by atoms with Crippen molar-refractivity contribution >= 4 is 17.4 Å². The number of hydrogen-bond donors (Lipinski definition) is 1. The number of likely N-dealkylation sites (tertiary alicyclic amines) is 1. The van der Waals surface area contributed by atoms with Crippen LogP contribution < -0.4 is 0 Å². The average Bonchev–Trinajstić information content (AvgIpc) is 2.93. The molecule has 1 unspecified atom stereocenters. The normalized spacial score (nSPS) is 18.7. The van der Waals surface area contributed by atoms with Crippen LogP contribution in [0.2, 0.25) is 0 Å². The van der Waals surface area contributed by atoms with E-state index in [2.05, 4.69) is 0 Å². The Kier molecular flexibility index (Phi) is 5.84. The van der Waals surface area contributed by atoms with Crippen LogP contribution in [0.5, 0.6) is 0 Å². The molecular weight excluding hydrogens is 371 g/mol. The van der Waals surface area contributed by atoms with Crippen LogP contribution in [0.15, 0.2) is 48.0 Å². The largest absolute Gasteiger partial charge is 0.507 e. The summed E-state index contributed by atoms with van der Waals surface area (Å²) >= 11 is 0. The zero-order valence-electron chi connectivity index (χ0n) is 17.1. The Hall–Kier alpha value is -2.99. The Labute approximate surface area is 170 Å². The van der Waals surface area contributed by atoms with Crippen molar-refractivity contribution in [2.45, 2.75) is 19.9 Å². The second-order valence-electron chi connectivity index (χ2n) is 7.67. The number of benzene rings is 2. The molecule has 1 saturated heterocycles. The molecule has 1 fully saturated rings. The van der Waals surface area contributed by atoms with Crippen molar-refractivity contribution in [1.82, 2.24) is 9.80 Å². The van der Waals surface area contributed by atoms with Gasteiger partial charge in [-0.1, -0.05) is 29.8 Å². The predicted molar refractivity (Wildman–Crippen MR) is 110 cm³/mol. The molecule has 1 amide bonds. The maximum atomic E-state index is 13.5. The monoisotopic (exact) mass is 396 g/mol. The summed E-state index contributed by atoms with van der Waals surface area (Å²) in [5.41, 5.74) is 2.86. The Balaban J connectivity index is 2.19. The van der Waals surface area contributed by atoms with Gasteiger partial charge >= 0.3 is 0 Å². The molecule has 1 aliphatic rings. The topological polar surface area (TPSA) is 60.9 Å². The van der Waals surface area contributed by atoms with Crippen molar-refractivity contribution in [2.24, 2.45) is 0 Å². The number of aryl methyl sites for hydroxylation is 2. The van der Waals surface area contributed by atoms with E-state index in [4.69, 9.17) is 0 Å². The fourth-order valence-electron chi connectivity index (χ4n) is 3.55. The summed E-state index contributed by atoms with van der Waals surface area (Å²) in [5, 5.41) is 11.1. The third-order valence-corrected chi connectivity index (χ3v) is 5.16. The number of nitrogens with zero attached hydrogens (tertiary/aromatic N) is 2. The summed E-state index contributed by atoms with van der Waals surface area (Å²) in [6, 6.07) is 10.5. The lowest BCUT2D eigenvalue weighted by Gasteiger charge is -2.26. The number of carbonyl (C=O) groups excluding carboxylic acids is 2. The molecule has 2 aromatic rings. The Morgan fingerprint density at radius 1 is 1.10 bits per heavy atom. The van der Waals surface area contributed by atoms with Crippen LogP contribution in [0, 0.1) is 19.7 Å². The van der Waals surface area contributed by atoms with Gasteiger partial charge in [-0.2, -0.15) is 0 Å². The Morgan fingerprint density at radius 2 is 1.76 bits per heavy atom. The molecule has 0 saturated carbocycles. The molecule has 0 aromatic heterocycles. The first kappa shape index (κ1) is 20.7. The number of ketones is 1. The summed E-state index contributed by atoms with van der Waals surface area (Å²) in [4.78, 5) is 29.1. The third-order valence-electron chi connectivity index (χ3n) is 5.16. The molecule has 0 bridgehead atoms. The van der Waals surface area contributed by atoms with Gasteiger partial charge in [0.05, 0.1) is 11.6 Å². The highest BCUT2D eigenvalue weighted by Gasteiger charge is 2.46. The first-order valence-electron chi connectivity index (χ1n) is 9.47. The maximum Gasteiger partial charge on any atom is 0.295 e. The standard InChI is InChI=1S/C23H25FN2O3/c1-14-5-6-15(2)18(13-14)21(27)19-20(16-7-9-17(24)10-8-16)26(12-11-25(3)4)23(29)22(19)28/h5-10,13,20,27H,11-12H2,1-4H3. The lowest BCUT2D eigenvalue weighted by Crippen LogP contribution is -2.35. The third kappa shape index (κ3) is 4.07. The van der Waals surface area contributed by atoms with E-state index in [1.54, 1.807) is 18.2 Å². The van der Waals surface area contributed by atoms with Gasteiger partial charge in [0.25, 0.3) is 11.7 Å². The van der Waals surface area contributed by atoms with E-state index in [-0.39, 0.29) is 11.3 Å². The molecule has 1 heterocycles. The highest BCUT2D eigenvalue weighted by atomic mass is 19.1. The van der Waals surface area contributed by atoms with Gasteiger partial charge in [0.2, 0.25) is 0 Å². The molecule has 0 spiro atoms. The number of aliphatic hydroxyl groups excluding tert-OH is 1. The lowest BCUT2D eigenvalue weighted by molar-refractivity contribution is -0.140. The van der Waals surface area contributed by atoms with Gasteiger partial charge in [-0.15, -0.1) is 0 Å². The van der Waals surface area contributed by atoms with Crippen LogP contribution in [0.4, 0.5) is 4.39 Å². The first-order chi connectivity index (χ1) is 13.7. The maximum absolute atomic E-state index is 13.5. The van der Waals surface area contributed by atoms with Crippen LogP contribution in [0.25, 0.3) is 5.76 Å². The van der Waals surface area contributed by atoms with Crippen LogP contribution in [-0.2, 0) is 9.59 Å². The predicted octanol–water partition coefficient (Wildman–Crippen LogP) is 3.43. The van der Waals surface area contributed by atoms with Gasteiger partial charge in [0, 0.05) is 18.7 Å². The van der Waals surface area contributed by atoms with Crippen molar-refractivity contribution in [3.8, 4) is 0 Å². The minimum absolute atomic E-state index is 0.0362. The van der Waals surface area contributed by atoms with E-state index in [1.807, 2.05) is 45.0 Å². The molecule has 1 N–H and O–H groups in total. The second-order valence-corrected chi connectivity index (χ2v) is 7.67. The van der Waals surface area contributed by atoms with E-state index in [1.165, 1.54) is 17.0 Å².